The van der Waals surface area contributed by atoms with E-state index in [2.05, 4.69) is 36.7 Å². The zero-order valence-electron chi connectivity index (χ0n) is 8.13. The minimum atomic E-state index is 1.43. The Bertz CT molecular complexity index is 511. The molecule has 0 aliphatic heterocycles. The molecule has 0 aliphatic carbocycles. The van der Waals surface area contributed by atoms with Gasteiger partial charge < -0.3 is 0 Å². The number of hydrogen-bond acceptors (Lipinski definition) is 2. The summed E-state index contributed by atoms with van der Waals surface area (Å²) in [6.45, 7) is 4.46. The van der Waals surface area contributed by atoms with Crippen molar-refractivity contribution in [1.82, 2.24) is 0 Å². The molecule has 1 aromatic carbocycles. The average Bonchev–Trinajstić information content (AvgIpc) is 2.82. The van der Waals surface area contributed by atoms with E-state index in [0.717, 1.165) is 0 Å². The molecule has 0 N–H and O–H groups in total. The van der Waals surface area contributed by atoms with Gasteiger partial charge >= 0.3 is 0 Å². The summed E-state index contributed by atoms with van der Waals surface area (Å²) in [7, 11) is 0. The highest BCUT2D eigenvalue weighted by Crippen LogP contribution is 2.37. The molecule has 70 valence electrons. The van der Waals surface area contributed by atoms with Crippen LogP contribution in [0.3, 0.4) is 0 Å². The second kappa shape index (κ2) is 2.81. The number of aryl methyl sites for hydroxylation is 2. The lowest BCUT2D eigenvalue weighted by Crippen LogP contribution is -1.79. The van der Waals surface area contributed by atoms with E-state index in [0.29, 0.717) is 0 Å². The van der Waals surface area contributed by atoms with Crippen LogP contribution in [-0.4, -0.2) is 0 Å². The Hall–Kier alpha value is -0.860. The van der Waals surface area contributed by atoms with Crippen LogP contribution >= 0.6 is 22.7 Å². The third-order valence-electron chi connectivity index (χ3n) is 2.82. The van der Waals surface area contributed by atoms with E-state index in [1.807, 2.05) is 22.7 Å². The summed E-state index contributed by atoms with van der Waals surface area (Å²) < 4.78 is 2.90. The highest BCUT2D eigenvalue weighted by molar-refractivity contribution is 7.19. The Labute approximate surface area is 90.8 Å². The van der Waals surface area contributed by atoms with Gasteiger partial charge in [-0.15, -0.1) is 22.7 Å². The van der Waals surface area contributed by atoms with Crippen molar-refractivity contribution < 1.29 is 0 Å². The van der Waals surface area contributed by atoms with Crippen molar-refractivity contribution in [3.63, 3.8) is 0 Å². The molecule has 0 spiro atoms. The van der Waals surface area contributed by atoms with Gasteiger partial charge in [0.25, 0.3) is 0 Å². The number of fused-ring (bicyclic) bond motifs is 2. The summed E-state index contributed by atoms with van der Waals surface area (Å²) in [5.74, 6) is 0. The summed E-state index contributed by atoms with van der Waals surface area (Å²) in [6.07, 6.45) is 0. The van der Waals surface area contributed by atoms with Crippen molar-refractivity contribution in [2.75, 3.05) is 0 Å². The van der Waals surface area contributed by atoms with E-state index in [1.54, 1.807) is 0 Å². The predicted molar refractivity (Wildman–Crippen MR) is 66.7 cm³/mol. The largest absolute Gasteiger partial charge is 0.144 e. The fraction of sp³-hybridized carbons (Fsp3) is 0.167. The molecule has 14 heavy (non-hydrogen) atoms. The topological polar surface area (TPSA) is 0 Å². The third kappa shape index (κ3) is 0.928. The van der Waals surface area contributed by atoms with Crippen molar-refractivity contribution in [3.05, 3.63) is 34.0 Å². The first-order chi connectivity index (χ1) is 6.79. The maximum atomic E-state index is 2.24. The van der Waals surface area contributed by atoms with Gasteiger partial charge in [0.2, 0.25) is 0 Å². The van der Waals surface area contributed by atoms with Crippen molar-refractivity contribution >= 4 is 42.8 Å². The summed E-state index contributed by atoms with van der Waals surface area (Å²) in [6, 6.07) is 4.48. The van der Waals surface area contributed by atoms with Crippen LogP contribution in [0.2, 0.25) is 0 Å². The van der Waals surface area contributed by atoms with Gasteiger partial charge in [-0.1, -0.05) is 0 Å². The fourth-order valence-corrected chi connectivity index (χ4v) is 3.98. The summed E-state index contributed by atoms with van der Waals surface area (Å²) in [4.78, 5) is 0. The standard InChI is InChI=1S/C12H10S2/c1-7-9-3-5-14-12(9)8(2)10-4-6-13-11(7)10/h3-6H,1-2H3. The Balaban J connectivity index is 2.72. The first-order valence-electron chi connectivity index (χ1n) is 4.62. The van der Waals surface area contributed by atoms with Crippen molar-refractivity contribution in [1.29, 1.82) is 0 Å². The summed E-state index contributed by atoms with van der Waals surface area (Å²) >= 11 is 3.70. The zero-order chi connectivity index (χ0) is 9.71. The van der Waals surface area contributed by atoms with Crippen LogP contribution in [0.5, 0.6) is 0 Å². The molecule has 0 atom stereocenters. The maximum Gasteiger partial charge on any atom is 0.0381 e. The van der Waals surface area contributed by atoms with Crippen LogP contribution in [0.15, 0.2) is 22.9 Å². The molecule has 0 nitrogen and oxygen atoms in total. The minimum absolute atomic E-state index is 1.43. The normalized spacial score (nSPS) is 11.6. The first kappa shape index (κ1) is 8.45. The van der Waals surface area contributed by atoms with E-state index in [9.17, 15) is 0 Å². The van der Waals surface area contributed by atoms with E-state index in [1.165, 1.54) is 31.3 Å². The molecule has 0 saturated carbocycles. The second-order valence-electron chi connectivity index (χ2n) is 3.58. The molecule has 3 rings (SSSR count). The smallest absolute Gasteiger partial charge is 0.0381 e. The summed E-state index contributed by atoms with van der Waals surface area (Å²) in [5, 5.41) is 7.24. The second-order valence-corrected chi connectivity index (χ2v) is 5.41. The summed E-state index contributed by atoms with van der Waals surface area (Å²) in [5.41, 5.74) is 2.88. The number of benzene rings is 1. The van der Waals surface area contributed by atoms with Gasteiger partial charge in [-0.3, -0.25) is 0 Å². The monoisotopic (exact) mass is 218 g/mol. The third-order valence-corrected chi connectivity index (χ3v) is 4.89. The lowest BCUT2D eigenvalue weighted by Gasteiger charge is -2.03. The zero-order valence-corrected chi connectivity index (χ0v) is 9.76. The van der Waals surface area contributed by atoms with Crippen molar-refractivity contribution in [2.45, 2.75) is 13.8 Å². The Morgan fingerprint density at radius 3 is 1.64 bits per heavy atom. The van der Waals surface area contributed by atoms with Crippen LogP contribution in [0.25, 0.3) is 20.2 Å². The quantitative estimate of drug-likeness (QED) is 0.511. The van der Waals surface area contributed by atoms with Gasteiger partial charge in [0, 0.05) is 9.40 Å². The predicted octanol–water partition coefficient (Wildman–Crippen LogP) is 4.73. The van der Waals surface area contributed by atoms with Crippen LogP contribution in [0.1, 0.15) is 11.1 Å². The molecule has 2 aromatic heterocycles. The maximum absolute atomic E-state index is 2.24. The van der Waals surface area contributed by atoms with Gasteiger partial charge in [-0.05, 0) is 58.6 Å². The highest BCUT2D eigenvalue weighted by atomic mass is 32.1. The molecule has 0 aliphatic rings. The lowest BCUT2D eigenvalue weighted by atomic mass is 10.0. The lowest BCUT2D eigenvalue weighted by molar-refractivity contribution is 1.58. The highest BCUT2D eigenvalue weighted by Gasteiger charge is 2.09. The van der Waals surface area contributed by atoms with E-state index in [4.69, 9.17) is 0 Å². The molecule has 0 unspecified atom stereocenters. The van der Waals surface area contributed by atoms with Gasteiger partial charge in [0.1, 0.15) is 0 Å². The molecule has 3 aromatic rings. The van der Waals surface area contributed by atoms with Gasteiger partial charge in [0.05, 0.1) is 0 Å². The SMILES string of the molecule is Cc1c2ccsc2c(C)c2ccsc12. The minimum Gasteiger partial charge on any atom is -0.144 e. The molecular formula is C12H10S2. The van der Waals surface area contributed by atoms with E-state index >= 15 is 0 Å². The molecule has 2 heterocycles. The van der Waals surface area contributed by atoms with Crippen LogP contribution in [0.4, 0.5) is 0 Å². The molecule has 0 bridgehead atoms. The van der Waals surface area contributed by atoms with Gasteiger partial charge in [0.15, 0.2) is 0 Å². The van der Waals surface area contributed by atoms with E-state index in [-0.39, 0.29) is 0 Å². The molecule has 0 saturated heterocycles. The first-order valence-corrected chi connectivity index (χ1v) is 6.38. The van der Waals surface area contributed by atoms with Crippen LogP contribution in [-0.2, 0) is 0 Å². The molecule has 0 fully saturated rings. The van der Waals surface area contributed by atoms with Crippen molar-refractivity contribution in [2.24, 2.45) is 0 Å². The number of rotatable bonds is 0. The number of thiophene rings is 2. The molecular weight excluding hydrogens is 208 g/mol. The van der Waals surface area contributed by atoms with Crippen LogP contribution in [0, 0.1) is 13.8 Å². The molecule has 0 radical (unpaired) electrons. The van der Waals surface area contributed by atoms with E-state index < -0.39 is 0 Å². The Kier molecular flexibility index (Phi) is 1.70. The van der Waals surface area contributed by atoms with Crippen molar-refractivity contribution in [3.8, 4) is 0 Å². The number of hydrogen-bond donors (Lipinski definition) is 0. The molecule has 2 heteroatoms. The molecule has 0 amide bonds. The average molecular weight is 218 g/mol. The van der Waals surface area contributed by atoms with Gasteiger partial charge in [-0.25, -0.2) is 0 Å². The van der Waals surface area contributed by atoms with Crippen LogP contribution < -0.4 is 0 Å². The Morgan fingerprint density at radius 1 is 0.786 bits per heavy atom. The van der Waals surface area contributed by atoms with Gasteiger partial charge in [-0.2, -0.15) is 0 Å². The Morgan fingerprint density at radius 2 is 1.21 bits per heavy atom. The fourth-order valence-electron chi connectivity index (χ4n) is 2.03.